The van der Waals surface area contributed by atoms with Crippen molar-refractivity contribution in [3.8, 4) is 0 Å². The molecule has 4 aliphatic carbocycles. The summed E-state index contributed by atoms with van der Waals surface area (Å²) in [5.41, 5.74) is 3.40. The number of rotatable bonds is 5. The minimum Gasteiger partial charge on any atom is -0.429 e. The number of carbonyl (C=O) groups is 4. The molecule has 0 aromatic heterocycles. The van der Waals surface area contributed by atoms with E-state index in [1.807, 2.05) is 0 Å². The molecule has 1 aromatic carbocycles. The second-order valence-corrected chi connectivity index (χ2v) is 15.2. The van der Waals surface area contributed by atoms with Crippen LogP contribution in [0.25, 0.3) is 0 Å². The van der Waals surface area contributed by atoms with E-state index in [1.54, 1.807) is 6.92 Å². The maximum atomic E-state index is 13.4. The Kier molecular flexibility index (Phi) is 8.87. The molecule has 1 saturated heterocycles. The van der Waals surface area contributed by atoms with Crippen molar-refractivity contribution in [2.75, 3.05) is 0 Å². The summed E-state index contributed by atoms with van der Waals surface area (Å²) in [5.74, 6) is -2.08. The van der Waals surface area contributed by atoms with Crippen molar-refractivity contribution in [2.45, 2.75) is 115 Å². The van der Waals surface area contributed by atoms with E-state index in [4.69, 9.17) is 15.3 Å². The number of hydroxylamine groups is 2. The van der Waals surface area contributed by atoms with E-state index in [9.17, 15) is 45.5 Å². The number of imide groups is 1. The highest BCUT2D eigenvalue weighted by atomic mass is 19.4. The maximum absolute atomic E-state index is 13.4. The fraction of sp³-hybridized carbons (Fsp3) is 0.657. The molecule has 15 heteroatoms. The number of ether oxygens (including phenoxy) is 1. The number of amides is 3. The molecular weight excluding hydrogens is 672 g/mol. The molecule has 9 nitrogen and oxygen atoms in total. The first-order valence-corrected chi connectivity index (χ1v) is 17.0. The Morgan fingerprint density at radius 1 is 0.920 bits per heavy atom. The van der Waals surface area contributed by atoms with Gasteiger partial charge < -0.3 is 15.8 Å². The zero-order valence-electron chi connectivity index (χ0n) is 28.0. The first-order chi connectivity index (χ1) is 23.2. The number of nitrogens with two attached hydrogens (primary N) is 1. The third-order valence-electron chi connectivity index (χ3n) is 12.7. The molecule has 274 valence electrons. The van der Waals surface area contributed by atoms with Gasteiger partial charge in [-0.2, -0.15) is 26.3 Å². The second-order valence-electron chi connectivity index (χ2n) is 15.2. The maximum Gasteiger partial charge on any atom is 0.534 e. The van der Waals surface area contributed by atoms with Crippen LogP contribution >= 0.6 is 0 Å². The molecule has 6 unspecified atom stereocenters. The van der Waals surface area contributed by atoms with Crippen LogP contribution in [0.15, 0.2) is 29.8 Å². The van der Waals surface area contributed by atoms with Gasteiger partial charge in [0.2, 0.25) is 0 Å². The number of nitrogens with zero attached hydrogens (tertiary/aromatic N) is 1. The molecule has 5 aliphatic rings. The van der Waals surface area contributed by atoms with Crippen LogP contribution in [0.4, 0.5) is 31.1 Å². The first-order valence-electron chi connectivity index (χ1n) is 17.0. The molecule has 4 fully saturated rings. The molecular formula is C35H41F6N3O6. The molecule has 1 aliphatic heterocycles. The molecule has 1 aromatic rings. The molecule has 3 saturated carbocycles. The van der Waals surface area contributed by atoms with Crippen molar-refractivity contribution in [1.82, 2.24) is 10.4 Å². The Labute approximate surface area is 285 Å². The summed E-state index contributed by atoms with van der Waals surface area (Å²) in [7, 11) is 0. The second kappa shape index (κ2) is 12.3. The molecule has 0 bridgehead atoms. The van der Waals surface area contributed by atoms with Crippen molar-refractivity contribution < 1.29 is 55.1 Å². The van der Waals surface area contributed by atoms with Crippen LogP contribution in [-0.2, 0) is 31.5 Å². The predicted molar refractivity (Wildman–Crippen MR) is 164 cm³/mol. The molecule has 8 atom stereocenters. The number of allylic oxidation sites excluding steroid dienone is 1. The molecule has 6 rings (SSSR count). The van der Waals surface area contributed by atoms with Crippen molar-refractivity contribution >= 4 is 23.9 Å². The van der Waals surface area contributed by atoms with E-state index in [0.717, 1.165) is 12.0 Å². The van der Waals surface area contributed by atoms with Gasteiger partial charge in [0.05, 0.1) is 11.1 Å². The number of nitrogens with one attached hydrogen (secondary N) is 1. The number of alkyl halides is 6. The highest BCUT2D eigenvalue weighted by molar-refractivity contribution is 6.01. The van der Waals surface area contributed by atoms with E-state index < -0.39 is 76.0 Å². The normalized spacial score (nSPS) is 34.7. The molecule has 50 heavy (non-hydrogen) atoms. The van der Waals surface area contributed by atoms with Crippen LogP contribution in [0.2, 0.25) is 0 Å². The number of benzene rings is 1. The lowest BCUT2D eigenvalue weighted by Gasteiger charge is -2.62. The monoisotopic (exact) mass is 713 g/mol. The predicted octanol–water partition coefficient (Wildman–Crippen LogP) is 7.09. The highest BCUT2D eigenvalue weighted by Gasteiger charge is 2.66. The quantitative estimate of drug-likeness (QED) is 0.144. The van der Waals surface area contributed by atoms with Gasteiger partial charge in [-0.1, -0.05) is 30.6 Å². The SMILES string of the molecule is C[C@H](NC(=O)c1cc(C(F)(F)F)cc(C(F)(F)F)c1)C1CC[C@@]2(N)C3CC=C4CC(OC(=O)ON5C(=O)CCC5=O)CCC4(C)C3CCC12C. The number of fused-ring (bicyclic) bond motifs is 5. The van der Waals surface area contributed by atoms with Gasteiger partial charge >= 0.3 is 18.5 Å². The van der Waals surface area contributed by atoms with Gasteiger partial charge in [0.15, 0.2) is 0 Å². The van der Waals surface area contributed by atoms with E-state index in [2.05, 4.69) is 25.2 Å². The molecule has 0 spiro atoms. The Balaban J connectivity index is 1.15. The Hall–Kier alpha value is -3.62. The number of halogens is 6. The topological polar surface area (TPSA) is 128 Å². The van der Waals surface area contributed by atoms with E-state index in [1.165, 1.54) is 0 Å². The minimum absolute atomic E-state index is 0.000621. The van der Waals surface area contributed by atoms with Crippen LogP contribution in [0.1, 0.15) is 106 Å². The van der Waals surface area contributed by atoms with Gasteiger partial charge in [-0.05, 0) is 98.7 Å². The molecule has 3 amide bonds. The highest BCUT2D eigenvalue weighted by Crippen LogP contribution is 2.67. The molecule has 1 heterocycles. The summed E-state index contributed by atoms with van der Waals surface area (Å²) in [6, 6.07) is 0.301. The van der Waals surface area contributed by atoms with Gasteiger partial charge in [-0.25, -0.2) is 4.79 Å². The third kappa shape index (κ3) is 6.06. The van der Waals surface area contributed by atoms with Crippen molar-refractivity contribution in [3.05, 3.63) is 46.5 Å². The average molecular weight is 714 g/mol. The molecule has 0 radical (unpaired) electrons. The number of hydrogen-bond donors (Lipinski definition) is 2. The Bertz CT molecular complexity index is 1580. The summed E-state index contributed by atoms with van der Waals surface area (Å²) in [5, 5.41) is 3.16. The van der Waals surface area contributed by atoms with Gasteiger partial charge in [-0.15, -0.1) is 0 Å². The first kappa shape index (κ1) is 36.2. The van der Waals surface area contributed by atoms with Crippen LogP contribution in [0, 0.1) is 28.6 Å². The van der Waals surface area contributed by atoms with Crippen molar-refractivity contribution in [3.63, 3.8) is 0 Å². The van der Waals surface area contributed by atoms with Gasteiger partial charge in [-0.3, -0.25) is 19.2 Å². The van der Waals surface area contributed by atoms with Crippen LogP contribution in [0.5, 0.6) is 0 Å². The largest absolute Gasteiger partial charge is 0.534 e. The number of carbonyl (C=O) groups excluding carboxylic acids is 4. The summed E-state index contributed by atoms with van der Waals surface area (Å²) >= 11 is 0. The van der Waals surface area contributed by atoms with Crippen LogP contribution in [-0.4, -0.2) is 46.6 Å². The van der Waals surface area contributed by atoms with Gasteiger partial charge in [0, 0.05) is 36.4 Å². The Morgan fingerprint density at radius 2 is 1.54 bits per heavy atom. The summed E-state index contributed by atoms with van der Waals surface area (Å²) in [6.45, 7) is 6.02. The summed E-state index contributed by atoms with van der Waals surface area (Å²) < 4.78 is 86.2. The smallest absolute Gasteiger partial charge is 0.429 e. The average Bonchev–Trinajstić information content (AvgIpc) is 3.50. The van der Waals surface area contributed by atoms with Gasteiger partial charge in [0.25, 0.3) is 17.7 Å². The zero-order valence-corrected chi connectivity index (χ0v) is 28.0. The molecule has 3 N–H and O–H groups in total. The summed E-state index contributed by atoms with van der Waals surface area (Å²) in [4.78, 5) is 54.1. The lowest BCUT2D eigenvalue weighted by molar-refractivity contribution is -0.179. The van der Waals surface area contributed by atoms with Crippen LogP contribution < -0.4 is 11.1 Å². The number of hydrogen-bond acceptors (Lipinski definition) is 7. The fourth-order valence-electron chi connectivity index (χ4n) is 10.0. The lowest BCUT2D eigenvalue weighted by atomic mass is 9.44. The van der Waals surface area contributed by atoms with E-state index in [-0.39, 0.29) is 42.1 Å². The van der Waals surface area contributed by atoms with Crippen molar-refractivity contribution in [1.29, 1.82) is 0 Å². The minimum atomic E-state index is -5.07. The Morgan fingerprint density at radius 3 is 2.14 bits per heavy atom. The third-order valence-corrected chi connectivity index (χ3v) is 12.7. The zero-order chi connectivity index (χ0) is 36.6. The van der Waals surface area contributed by atoms with E-state index in [0.29, 0.717) is 62.1 Å². The lowest BCUT2D eigenvalue weighted by Crippen LogP contribution is -2.66. The summed E-state index contributed by atoms with van der Waals surface area (Å²) in [6.07, 6.45) is -4.41. The fourth-order valence-corrected chi connectivity index (χ4v) is 10.0. The van der Waals surface area contributed by atoms with Crippen LogP contribution in [0.3, 0.4) is 0 Å². The van der Waals surface area contributed by atoms with Gasteiger partial charge in [0.1, 0.15) is 6.10 Å². The van der Waals surface area contributed by atoms with Crippen molar-refractivity contribution in [2.24, 2.45) is 34.3 Å². The standard InChI is InChI=1S/C35H41F6N3O6/c1-18(43-29(47)19-14-21(34(36,37)38)16-22(15-19)35(39,40)41)24-10-13-33(42)26-5-4-20-17-23(49-30(48)50-44-27(45)6-7-28(44)46)8-11-31(20,2)25(26)9-12-32(24,33)3/h4,14-16,18,23-26H,5-13,17,42H2,1-3H3,(H,43,47)/t18-,23?,24?,25?,26?,31?,32?,33+/m0/s1. The van der Waals surface area contributed by atoms with E-state index >= 15 is 0 Å².